The van der Waals surface area contributed by atoms with E-state index in [2.05, 4.69) is 10.2 Å². The first-order chi connectivity index (χ1) is 12.0. The van der Waals surface area contributed by atoms with Gasteiger partial charge in [-0.15, -0.1) is 0 Å². The lowest BCUT2D eigenvalue weighted by Crippen LogP contribution is -2.25. The van der Waals surface area contributed by atoms with Crippen molar-refractivity contribution in [2.75, 3.05) is 13.1 Å². The Morgan fingerprint density at radius 2 is 2.04 bits per heavy atom. The fourth-order valence-electron chi connectivity index (χ4n) is 3.23. The summed E-state index contributed by atoms with van der Waals surface area (Å²) < 4.78 is 13.5. The van der Waals surface area contributed by atoms with Crippen molar-refractivity contribution in [2.24, 2.45) is 0 Å². The third kappa shape index (κ3) is 4.65. The van der Waals surface area contributed by atoms with Crippen LogP contribution in [-0.4, -0.2) is 35.1 Å². The van der Waals surface area contributed by atoms with Crippen molar-refractivity contribution in [1.82, 2.24) is 10.2 Å². The Bertz CT molecular complexity index is 743. The minimum atomic E-state index is -0.404. The van der Waals surface area contributed by atoms with Gasteiger partial charge in [0.25, 0.3) is 5.91 Å². The number of nitrogens with one attached hydrogen (secondary N) is 1. The average Bonchev–Trinajstić information content (AvgIpc) is 2.98. The van der Waals surface area contributed by atoms with Gasteiger partial charge in [0.1, 0.15) is 5.82 Å². The Morgan fingerprint density at radius 3 is 2.72 bits per heavy atom. The molecule has 1 aliphatic rings. The largest absolute Gasteiger partial charge is 0.392 e. The lowest BCUT2D eigenvalue weighted by atomic mass is 10.1. The topological polar surface area (TPSA) is 52.6 Å². The SMILES string of the molecule is Cc1cc(F)cc(C(=O)NCc2ccccc2CN2CC[C@H](O)C2)c1. The van der Waals surface area contributed by atoms with Crippen molar-refractivity contribution in [2.45, 2.75) is 32.5 Å². The summed E-state index contributed by atoms with van der Waals surface area (Å²) in [6.07, 6.45) is 0.556. The zero-order chi connectivity index (χ0) is 17.8. The molecule has 0 spiro atoms. The summed E-state index contributed by atoms with van der Waals surface area (Å²) in [5, 5.41) is 12.5. The fourth-order valence-corrected chi connectivity index (χ4v) is 3.23. The predicted octanol–water partition coefficient (Wildman–Crippen LogP) is 2.63. The molecular weight excluding hydrogens is 319 g/mol. The molecular formula is C20H23FN2O2. The highest BCUT2D eigenvalue weighted by atomic mass is 19.1. The van der Waals surface area contributed by atoms with Gasteiger partial charge < -0.3 is 10.4 Å². The molecule has 0 unspecified atom stereocenters. The highest BCUT2D eigenvalue weighted by Crippen LogP contribution is 2.17. The van der Waals surface area contributed by atoms with Crippen LogP contribution >= 0.6 is 0 Å². The van der Waals surface area contributed by atoms with E-state index in [4.69, 9.17) is 0 Å². The van der Waals surface area contributed by atoms with E-state index < -0.39 is 5.82 Å². The van der Waals surface area contributed by atoms with E-state index in [1.807, 2.05) is 24.3 Å². The molecule has 0 radical (unpaired) electrons. The second kappa shape index (κ2) is 7.76. The summed E-state index contributed by atoms with van der Waals surface area (Å²) in [6.45, 7) is 4.47. The number of benzene rings is 2. The average molecular weight is 342 g/mol. The molecule has 1 amide bonds. The van der Waals surface area contributed by atoms with Gasteiger partial charge in [0.05, 0.1) is 6.10 Å². The number of aryl methyl sites for hydroxylation is 1. The number of amides is 1. The maximum Gasteiger partial charge on any atom is 0.251 e. The number of likely N-dealkylation sites (tertiary alicyclic amines) is 1. The molecule has 2 aromatic carbocycles. The lowest BCUT2D eigenvalue weighted by Gasteiger charge is -2.18. The van der Waals surface area contributed by atoms with Crippen LogP contribution in [0.25, 0.3) is 0 Å². The number of carbonyl (C=O) groups is 1. The molecule has 3 rings (SSSR count). The van der Waals surface area contributed by atoms with E-state index in [9.17, 15) is 14.3 Å². The molecule has 0 bridgehead atoms. The molecule has 132 valence electrons. The first-order valence-electron chi connectivity index (χ1n) is 8.54. The Morgan fingerprint density at radius 1 is 1.28 bits per heavy atom. The lowest BCUT2D eigenvalue weighted by molar-refractivity contribution is 0.0950. The van der Waals surface area contributed by atoms with Gasteiger partial charge in [0.2, 0.25) is 0 Å². The number of hydrogen-bond acceptors (Lipinski definition) is 3. The van der Waals surface area contributed by atoms with Crippen molar-refractivity contribution in [3.63, 3.8) is 0 Å². The second-order valence-electron chi connectivity index (χ2n) is 6.65. The highest BCUT2D eigenvalue weighted by Gasteiger charge is 2.20. The molecule has 0 aromatic heterocycles. The van der Waals surface area contributed by atoms with Gasteiger partial charge >= 0.3 is 0 Å². The quantitative estimate of drug-likeness (QED) is 0.878. The summed E-state index contributed by atoms with van der Waals surface area (Å²) in [6, 6.07) is 12.3. The van der Waals surface area contributed by atoms with E-state index in [0.29, 0.717) is 18.7 Å². The molecule has 25 heavy (non-hydrogen) atoms. The Hall–Kier alpha value is -2.24. The molecule has 1 atom stereocenters. The van der Waals surface area contributed by atoms with Gasteiger partial charge in [-0.1, -0.05) is 24.3 Å². The predicted molar refractivity (Wildman–Crippen MR) is 94.7 cm³/mol. The number of aliphatic hydroxyl groups is 1. The number of hydrogen-bond donors (Lipinski definition) is 2. The van der Waals surface area contributed by atoms with Crippen LogP contribution in [-0.2, 0) is 13.1 Å². The maximum atomic E-state index is 13.5. The molecule has 1 saturated heterocycles. The van der Waals surface area contributed by atoms with Gasteiger partial charge in [0.15, 0.2) is 0 Å². The first kappa shape index (κ1) is 17.6. The van der Waals surface area contributed by atoms with Crippen molar-refractivity contribution in [1.29, 1.82) is 0 Å². The zero-order valence-corrected chi connectivity index (χ0v) is 14.3. The van der Waals surface area contributed by atoms with Gasteiger partial charge in [-0.05, 0) is 48.2 Å². The van der Waals surface area contributed by atoms with Crippen molar-refractivity contribution >= 4 is 5.91 Å². The van der Waals surface area contributed by atoms with Crippen molar-refractivity contribution < 1.29 is 14.3 Å². The molecule has 1 fully saturated rings. The van der Waals surface area contributed by atoms with Crippen LogP contribution < -0.4 is 5.32 Å². The third-order valence-electron chi connectivity index (χ3n) is 4.50. The van der Waals surface area contributed by atoms with E-state index in [1.165, 1.54) is 12.1 Å². The Labute approximate surface area is 147 Å². The molecule has 1 aliphatic heterocycles. The second-order valence-corrected chi connectivity index (χ2v) is 6.65. The third-order valence-corrected chi connectivity index (χ3v) is 4.50. The van der Waals surface area contributed by atoms with E-state index in [1.54, 1.807) is 13.0 Å². The van der Waals surface area contributed by atoms with Crippen LogP contribution in [0.15, 0.2) is 42.5 Å². The van der Waals surface area contributed by atoms with Crippen LogP contribution in [0.4, 0.5) is 4.39 Å². The standard InChI is InChI=1S/C20H23FN2O2/c1-14-8-17(10-18(21)9-14)20(25)22-11-15-4-2-3-5-16(15)12-23-7-6-19(24)13-23/h2-5,8-10,19,24H,6-7,11-13H2,1H3,(H,22,25)/t19-/m0/s1. The normalized spacial score (nSPS) is 17.6. The van der Waals surface area contributed by atoms with Crippen LogP contribution in [0.2, 0.25) is 0 Å². The first-order valence-corrected chi connectivity index (χ1v) is 8.54. The minimum absolute atomic E-state index is 0.247. The molecule has 0 aliphatic carbocycles. The Balaban J connectivity index is 1.65. The molecule has 0 saturated carbocycles. The summed E-state index contributed by atoms with van der Waals surface area (Å²) in [5.41, 5.74) is 3.22. The summed E-state index contributed by atoms with van der Waals surface area (Å²) >= 11 is 0. The summed E-state index contributed by atoms with van der Waals surface area (Å²) in [5.74, 6) is -0.688. The van der Waals surface area contributed by atoms with Crippen molar-refractivity contribution in [3.8, 4) is 0 Å². The van der Waals surface area contributed by atoms with Crippen molar-refractivity contribution in [3.05, 3.63) is 70.5 Å². The highest BCUT2D eigenvalue weighted by molar-refractivity contribution is 5.94. The molecule has 5 heteroatoms. The molecule has 2 N–H and O–H groups in total. The summed E-state index contributed by atoms with van der Waals surface area (Å²) in [7, 11) is 0. The fraction of sp³-hybridized carbons (Fsp3) is 0.350. The van der Waals surface area contributed by atoms with Gasteiger partial charge in [-0.25, -0.2) is 4.39 Å². The number of halogens is 1. The summed E-state index contributed by atoms with van der Waals surface area (Å²) in [4.78, 5) is 14.5. The van der Waals surface area contributed by atoms with E-state index in [-0.39, 0.29) is 12.0 Å². The smallest absolute Gasteiger partial charge is 0.251 e. The number of β-amino-alcohol motifs (C(OH)–C–C–N with tert-alkyl or cyclic N) is 1. The van der Waals surface area contributed by atoms with Crippen LogP contribution in [0.5, 0.6) is 0 Å². The van der Waals surface area contributed by atoms with Crippen LogP contribution in [0, 0.1) is 12.7 Å². The number of aliphatic hydroxyl groups excluding tert-OH is 1. The maximum absolute atomic E-state index is 13.5. The number of rotatable bonds is 5. The number of carbonyl (C=O) groups excluding carboxylic acids is 1. The number of nitrogens with zero attached hydrogens (tertiary/aromatic N) is 1. The van der Waals surface area contributed by atoms with Gasteiger partial charge in [0, 0.05) is 31.7 Å². The molecule has 2 aromatic rings. The Kier molecular flexibility index (Phi) is 5.46. The zero-order valence-electron chi connectivity index (χ0n) is 14.3. The van der Waals surface area contributed by atoms with Gasteiger partial charge in [-0.2, -0.15) is 0 Å². The minimum Gasteiger partial charge on any atom is -0.392 e. The van der Waals surface area contributed by atoms with E-state index >= 15 is 0 Å². The monoisotopic (exact) mass is 342 g/mol. The van der Waals surface area contributed by atoms with Crippen LogP contribution in [0.1, 0.15) is 33.5 Å². The van der Waals surface area contributed by atoms with E-state index in [0.717, 1.165) is 36.2 Å². The van der Waals surface area contributed by atoms with Gasteiger partial charge in [-0.3, -0.25) is 9.69 Å². The van der Waals surface area contributed by atoms with Crippen LogP contribution in [0.3, 0.4) is 0 Å². The molecule has 4 nitrogen and oxygen atoms in total. The molecule has 1 heterocycles.